The number of ether oxygens (including phenoxy) is 1. The minimum absolute atomic E-state index is 0.0119. The number of aromatic nitrogens is 1. The molecule has 1 aliphatic rings. The van der Waals surface area contributed by atoms with Gasteiger partial charge in [0.05, 0.1) is 19.8 Å². The van der Waals surface area contributed by atoms with Gasteiger partial charge < -0.3 is 21.1 Å². The second-order valence-electron chi connectivity index (χ2n) is 7.19. The number of nitrogens with one attached hydrogen (secondary N) is 2. The van der Waals surface area contributed by atoms with E-state index < -0.39 is 0 Å². The number of rotatable bonds is 6. The molecule has 0 bridgehead atoms. The molecular formula is C23H25N5O2. The highest BCUT2D eigenvalue weighted by atomic mass is 16.5. The van der Waals surface area contributed by atoms with Crippen LogP contribution in [0.1, 0.15) is 0 Å². The third-order valence-corrected chi connectivity index (χ3v) is 4.89. The third-order valence-electron chi connectivity index (χ3n) is 4.89. The minimum atomic E-state index is -0.0119. The molecule has 1 amide bonds. The van der Waals surface area contributed by atoms with Crippen molar-refractivity contribution in [2.24, 2.45) is 0 Å². The maximum absolute atomic E-state index is 12.3. The molecule has 3 aromatic rings. The van der Waals surface area contributed by atoms with Gasteiger partial charge in [0.1, 0.15) is 5.82 Å². The van der Waals surface area contributed by atoms with Crippen LogP contribution in [0.3, 0.4) is 0 Å². The zero-order valence-corrected chi connectivity index (χ0v) is 16.7. The van der Waals surface area contributed by atoms with Crippen molar-refractivity contribution in [1.29, 1.82) is 0 Å². The van der Waals surface area contributed by atoms with Crippen LogP contribution in [0.15, 0.2) is 66.9 Å². The Kier molecular flexibility index (Phi) is 6.22. The average Bonchev–Trinajstić information content (AvgIpc) is 2.75. The summed E-state index contributed by atoms with van der Waals surface area (Å²) in [5.41, 5.74) is 10.3. The Morgan fingerprint density at radius 1 is 1.00 bits per heavy atom. The van der Waals surface area contributed by atoms with Crippen molar-refractivity contribution in [2.75, 3.05) is 49.2 Å². The first kappa shape index (κ1) is 19.9. The Hall–Kier alpha value is -3.42. The lowest BCUT2D eigenvalue weighted by Crippen LogP contribution is -2.41. The predicted molar refractivity (Wildman–Crippen MR) is 120 cm³/mol. The van der Waals surface area contributed by atoms with E-state index in [1.807, 2.05) is 60.7 Å². The molecule has 1 aliphatic heterocycles. The molecule has 30 heavy (non-hydrogen) atoms. The number of nitrogens with zero attached hydrogens (tertiary/aromatic N) is 2. The van der Waals surface area contributed by atoms with E-state index in [0.29, 0.717) is 25.4 Å². The predicted octanol–water partition coefficient (Wildman–Crippen LogP) is 3.35. The van der Waals surface area contributed by atoms with Gasteiger partial charge in [-0.2, -0.15) is 0 Å². The van der Waals surface area contributed by atoms with Gasteiger partial charge in [-0.25, -0.2) is 4.98 Å². The van der Waals surface area contributed by atoms with Crippen LogP contribution in [0.2, 0.25) is 0 Å². The molecular weight excluding hydrogens is 378 g/mol. The summed E-state index contributed by atoms with van der Waals surface area (Å²) in [5.74, 6) is 0.725. The Morgan fingerprint density at radius 2 is 1.80 bits per heavy atom. The van der Waals surface area contributed by atoms with Crippen LogP contribution < -0.4 is 16.4 Å². The second kappa shape index (κ2) is 9.39. The smallest absolute Gasteiger partial charge is 0.238 e. The molecule has 4 N–H and O–H groups in total. The molecule has 2 aromatic carbocycles. The number of hydrogen-bond donors (Lipinski definition) is 3. The molecule has 7 nitrogen and oxygen atoms in total. The summed E-state index contributed by atoms with van der Waals surface area (Å²) < 4.78 is 5.31. The Bertz CT molecular complexity index is 1000. The van der Waals surface area contributed by atoms with Crippen LogP contribution in [0.25, 0.3) is 11.1 Å². The summed E-state index contributed by atoms with van der Waals surface area (Å²) in [5, 5.41) is 6.23. The normalized spacial score (nSPS) is 14.3. The third kappa shape index (κ3) is 5.34. The van der Waals surface area contributed by atoms with Crippen molar-refractivity contribution < 1.29 is 9.53 Å². The fourth-order valence-corrected chi connectivity index (χ4v) is 3.35. The van der Waals surface area contributed by atoms with Gasteiger partial charge in [0, 0.05) is 36.3 Å². The monoisotopic (exact) mass is 403 g/mol. The van der Waals surface area contributed by atoms with Gasteiger partial charge in [-0.3, -0.25) is 9.69 Å². The fraction of sp³-hybridized carbons (Fsp3) is 0.217. The quantitative estimate of drug-likeness (QED) is 0.547. The van der Waals surface area contributed by atoms with E-state index in [0.717, 1.165) is 41.4 Å². The number of morpholine rings is 1. The van der Waals surface area contributed by atoms with Crippen LogP contribution in [-0.2, 0) is 9.53 Å². The Morgan fingerprint density at radius 3 is 2.57 bits per heavy atom. The molecule has 7 heteroatoms. The van der Waals surface area contributed by atoms with E-state index in [2.05, 4.69) is 20.5 Å². The molecule has 4 rings (SSSR count). The fourth-order valence-electron chi connectivity index (χ4n) is 3.35. The van der Waals surface area contributed by atoms with E-state index in [4.69, 9.17) is 10.5 Å². The zero-order chi connectivity index (χ0) is 20.8. The SMILES string of the molecule is Nc1cccc(Nc2cc(-c3ccc(NC(=O)CN4CCOCC4)cc3)ccn2)c1. The van der Waals surface area contributed by atoms with Gasteiger partial charge in [0.15, 0.2) is 0 Å². The molecule has 2 heterocycles. The summed E-state index contributed by atoms with van der Waals surface area (Å²) in [6.45, 7) is 3.33. The number of carbonyl (C=O) groups excluding carboxylic acids is 1. The van der Waals surface area contributed by atoms with Crippen LogP contribution in [-0.4, -0.2) is 48.6 Å². The summed E-state index contributed by atoms with van der Waals surface area (Å²) in [6.07, 6.45) is 1.77. The van der Waals surface area contributed by atoms with E-state index in [9.17, 15) is 4.79 Å². The van der Waals surface area contributed by atoms with Gasteiger partial charge in [-0.15, -0.1) is 0 Å². The molecule has 0 spiro atoms. The maximum Gasteiger partial charge on any atom is 0.238 e. The highest BCUT2D eigenvalue weighted by molar-refractivity contribution is 5.92. The average molecular weight is 403 g/mol. The van der Waals surface area contributed by atoms with Crippen LogP contribution >= 0.6 is 0 Å². The molecule has 0 unspecified atom stereocenters. The zero-order valence-electron chi connectivity index (χ0n) is 16.7. The van der Waals surface area contributed by atoms with Gasteiger partial charge in [0.25, 0.3) is 0 Å². The van der Waals surface area contributed by atoms with Crippen LogP contribution in [0.5, 0.6) is 0 Å². The molecule has 1 fully saturated rings. The first-order valence-electron chi connectivity index (χ1n) is 9.95. The van der Waals surface area contributed by atoms with E-state index in [1.54, 1.807) is 6.20 Å². The topological polar surface area (TPSA) is 92.5 Å². The molecule has 0 radical (unpaired) electrons. The first-order valence-corrected chi connectivity index (χ1v) is 9.95. The number of amides is 1. The number of anilines is 4. The molecule has 0 aliphatic carbocycles. The Balaban J connectivity index is 1.39. The number of carbonyl (C=O) groups is 1. The van der Waals surface area contributed by atoms with Gasteiger partial charge in [0.2, 0.25) is 5.91 Å². The first-order chi connectivity index (χ1) is 14.7. The number of pyridine rings is 1. The number of nitrogens with two attached hydrogens (primary N) is 1. The van der Waals surface area contributed by atoms with Crippen molar-refractivity contribution in [3.8, 4) is 11.1 Å². The summed E-state index contributed by atoms with van der Waals surface area (Å²) >= 11 is 0. The lowest BCUT2D eigenvalue weighted by molar-refractivity contribution is -0.118. The van der Waals surface area contributed by atoms with E-state index in [-0.39, 0.29) is 5.91 Å². The molecule has 1 aromatic heterocycles. The van der Waals surface area contributed by atoms with Gasteiger partial charge >= 0.3 is 0 Å². The number of nitrogen functional groups attached to an aromatic ring is 1. The minimum Gasteiger partial charge on any atom is -0.399 e. The maximum atomic E-state index is 12.3. The van der Waals surface area contributed by atoms with Crippen molar-refractivity contribution in [3.63, 3.8) is 0 Å². The lowest BCUT2D eigenvalue weighted by atomic mass is 10.1. The Labute approximate surface area is 175 Å². The van der Waals surface area contributed by atoms with Gasteiger partial charge in [-0.1, -0.05) is 18.2 Å². The summed E-state index contributed by atoms with van der Waals surface area (Å²) in [4.78, 5) is 18.7. The standard InChI is InChI=1S/C23H25N5O2/c24-19-2-1-3-21(15-19)26-22-14-18(8-9-25-22)17-4-6-20(7-5-17)27-23(29)16-28-10-12-30-13-11-28/h1-9,14-15H,10-13,16,24H2,(H,25,26)(H,27,29). The molecule has 154 valence electrons. The van der Waals surface area contributed by atoms with Crippen molar-refractivity contribution in [2.45, 2.75) is 0 Å². The lowest BCUT2D eigenvalue weighted by Gasteiger charge is -2.25. The van der Waals surface area contributed by atoms with E-state index in [1.165, 1.54) is 0 Å². The highest BCUT2D eigenvalue weighted by Crippen LogP contribution is 2.25. The van der Waals surface area contributed by atoms with Crippen molar-refractivity contribution in [1.82, 2.24) is 9.88 Å². The van der Waals surface area contributed by atoms with Crippen molar-refractivity contribution >= 4 is 28.8 Å². The van der Waals surface area contributed by atoms with E-state index >= 15 is 0 Å². The molecule has 0 atom stereocenters. The summed E-state index contributed by atoms with van der Waals surface area (Å²) in [7, 11) is 0. The van der Waals surface area contributed by atoms with Crippen LogP contribution in [0.4, 0.5) is 22.9 Å². The summed E-state index contributed by atoms with van der Waals surface area (Å²) in [6, 6.07) is 19.3. The van der Waals surface area contributed by atoms with Crippen molar-refractivity contribution in [3.05, 3.63) is 66.9 Å². The highest BCUT2D eigenvalue weighted by Gasteiger charge is 2.14. The number of benzene rings is 2. The second-order valence-corrected chi connectivity index (χ2v) is 7.19. The number of hydrogen-bond acceptors (Lipinski definition) is 6. The molecule has 1 saturated heterocycles. The largest absolute Gasteiger partial charge is 0.399 e. The van der Waals surface area contributed by atoms with Crippen LogP contribution in [0, 0.1) is 0 Å². The van der Waals surface area contributed by atoms with Gasteiger partial charge in [-0.05, 0) is 53.6 Å². The molecule has 0 saturated carbocycles.